The van der Waals surface area contributed by atoms with Gasteiger partial charge in [-0.2, -0.15) is 0 Å². The van der Waals surface area contributed by atoms with Crippen molar-refractivity contribution in [3.8, 4) is 0 Å². The van der Waals surface area contributed by atoms with Gasteiger partial charge in [-0.1, -0.05) is 31.2 Å². The quantitative estimate of drug-likeness (QED) is 0.832. The van der Waals surface area contributed by atoms with Crippen molar-refractivity contribution in [2.45, 2.75) is 26.2 Å². The van der Waals surface area contributed by atoms with Crippen molar-refractivity contribution in [3.63, 3.8) is 0 Å². The van der Waals surface area contributed by atoms with E-state index in [1.807, 2.05) is 19.1 Å². The molecule has 1 aliphatic rings. The fourth-order valence-electron chi connectivity index (χ4n) is 2.32. The van der Waals surface area contributed by atoms with Crippen LogP contribution in [-0.4, -0.2) is 19.0 Å². The zero-order valence-electron chi connectivity index (χ0n) is 11.1. The van der Waals surface area contributed by atoms with Gasteiger partial charge in [0.05, 0.1) is 0 Å². The number of carbonyl (C=O) groups excluding carboxylic acids is 1. The van der Waals surface area contributed by atoms with Gasteiger partial charge in [-0.3, -0.25) is 4.79 Å². The molecule has 3 nitrogen and oxygen atoms in total. The Labute approximate surface area is 109 Å². The van der Waals surface area contributed by atoms with Crippen molar-refractivity contribution in [1.82, 2.24) is 5.32 Å². The van der Waals surface area contributed by atoms with Crippen LogP contribution in [0.15, 0.2) is 24.3 Å². The SMILES string of the molecule is Cc1ccccc1C1CC1C(=O)NCC(C)CN. The van der Waals surface area contributed by atoms with E-state index in [-0.39, 0.29) is 11.8 Å². The summed E-state index contributed by atoms with van der Waals surface area (Å²) in [5, 5.41) is 3.00. The van der Waals surface area contributed by atoms with Crippen LogP contribution in [0.5, 0.6) is 0 Å². The minimum atomic E-state index is 0.163. The van der Waals surface area contributed by atoms with E-state index in [1.54, 1.807) is 0 Å². The molecule has 18 heavy (non-hydrogen) atoms. The first-order valence-corrected chi connectivity index (χ1v) is 6.66. The molecule has 3 heteroatoms. The van der Waals surface area contributed by atoms with E-state index in [1.165, 1.54) is 11.1 Å². The fraction of sp³-hybridized carbons (Fsp3) is 0.533. The predicted molar refractivity (Wildman–Crippen MR) is 73.3 cm³/mol. The molecule has 1 aromatic carbocycles. The minimum Gasteiger partial charge on any atom is -0.356 e. The van der Waals surface area contributed by atoms with Crippen molar-refractivity contribution in [2.75, 3.05) is 13.1 Å². The maximum absolute atomic E-state index is 12.0. The lowest BCUT2D eigenvalue weighted by Gasteiger charge is -2.10. The van der Waals surface area contributed by atoms with E-state index in [9.17, 15) is 4.79 Å². The predicted octanol–water partition coefficient (Wildman–Crippen LogP) is 1.81. The number of hydrogen-bond donors (Lipinski definition) is 2. The lowest BCUT2D eigenvalue weighted by molar-refractivity contribution is -0.122. The van der Waals surface area contributed by atoms with Crippen LogP contribution in [0.1, 0.15) is 30.4 Å². The van der Waals surface area contributed by atoms with E-state index in [0.29, 0.717) is 24.9 Å². The van der Waals surface area contributed by atoms with Crippen molar-refractivity contribution in [1.29, 1.82) is 0 Å². The van der Waals surface area contributed by atoms with E-state index >= 15 is 0 Å². The molecule has 0 saturated heterocycles. The Balaban J connectivity index is 1.88. The van der Waals surface area contributed by atoms with Crippen LogP contribution < -0.4 is 11.1 Å². The number of nitrogens with one attached hydrogen (secondary N) is 1. The molecular weight excluding hydrogens is 224 g/mol. The number of benzene rings is 1. The van der Waals surface area contributed by atoms with Gasteiger partial charge in [0, 0.05) is 12.5 Å². The Morgan fingerprint density at radius 3 is 2.89 bits per heavy atom. The van der Waals surface area contributed by atoms with Crippen LogP contribution in [0.3, 0.4) is 0 Å². The highest BCUT2D eigenvalue weighted by molar-refractivity contribution is 5.83. The van der Waals surface area contributed by atoms with Crippen LogP contribution >= 0.6 is 0 Å². The van der Waals surface area contributed by atoms with Crippen LogP contribution in [0.2, 0.25) is 0 Å². The summed E-state index contributed by atoms with van der Waals surface area (Å²) in [6.45, 7) is 5.46. The summed E-state index contributed by atoms with van der Waals surface area (Å²) in [6, 6.07) is 8.33. The van der Waals surface area contributed by atoms with Crippen LogP contribution in [0, 0.1) is 18.8 Å². The highest BCUT2D eigenvalue weighted by Crippen LogP contribution is 2.48. The first-order valence-electron chi connectivity index (χ1n) is 6.66. The summed E-state index contributed by atoms with van der Waals surface area (Å²) in [4.78, 5) is 12.0. The highest BCUT2D eigenvalue weighted by atomic mass is 16.2. The average molecular weight is 246 g/mol. The highest BCUT2D eigenvalue weighted by Gasteiger charge is 2.44. The second-order valence-corrected chi connectivity index (χ2v) is 5.39. The third-order valence-corrected chi connectivity index (χ3v) is 3.74. The van der Waals surface area contributed by atoms with E-state index in [2.05, 4.69) is 24.4 Å². The van der Waals surface area contributed by atoms with Crippen molar-refractivity contribution >= 4 is 5.91 Å². The molecular formula is C15H22N2O. The minimum absolute atomic E-state index is 0.163. The number of rotatable bonds is 5. The van der Waals surface area contributed by atoms with Crippen molar-refractivity contribution in [3.05, 3.63) is 35.4 Å². The molecule has 1 fully saturated rings. The maximum Gasteiger partial charge on any atom is 0.223 e. The molecule has 0 spiro atoms. The smallest absolute Gasteiger partial charge is 0.223 e. The lowest BCUT2D eigenvalue weighted by atomic mass is 10.0. The molecule has 3 atom stereocenters. The lowest BCUT2D eigenvalue weighted by Crippen LogP contribution is -2.32. The zero-order valence-corrected chi connectivity index (χ0v) is 11.1. The Kier molecular flexibility index (Phi) is 4.02. The summed E-state index contributed by atoms with van der Waals surface area (Å²) >= 11 is 0. The summed E-state index contributed by atoms with van der Waals surface area (Å²) < 4.78 is 0. The van der Waals surface area contributed by atoms with Crippen LogP contribution in [0.25, 0.3) is 0 Å². The van der Waals surface area contributed by atoms with E-state index < -0.39 is 0 Å². The summed E-state index contributed by atoms with van der Waals surface area (Å²) in [6.07, 6.45) is 0.980. The number of carbonyl (C=O) groups is 1. The van der Waals surface area contributed by atoms with Gasteiger partial charge in [0.25, 0.3) is 0 Å². The van der Waals surface area contributed by atoms with Gasteiger partial charge >= 0.3 is 0 Å². The number of aryl methyl sites for hydroxylation is 1. The number of nitrogens with two attached hydrogens (primary N) is 1. The zero-order chi connectivity index (χ0) is 13.1. The van der Waals surface area contributed by atoms with Crippen LogP contribution in [-0.2, 0) is 4.79 Å². The van der Waals surface area contributed by atoms with E-state index in [0.717, 1.165) is 6.42 Å². The van der Waals surface area contributed by atoms with Gasteiger partial charge in [-0.05, 0) is 42.9 Å². The molecule has 1 aromatic rings. The second-order valence-electron chi connectivity index (χ2n) is 5.39. The van der Waals surface area contributed by atoms with Gasteiger partial charge in [-0.15, -0.1) is 0 Å². The largest absolute Gasteiger partial charge is 0.356 e. The molecule has 0 heterocycles. The van der Waals surface area contributed by atoms with E-state index in [4.69, 9.17) is 5.73 Å². The van der Waals surface area contributed by atoms with Crippen molar-refractivity contribution < 1.29 is 4.79 Å². The van der Waals surface area contributed by atoms with Crippen molar-refractivity contribution in [2.24, 2.45) is 17.6 Å². The monoisotopic (exact) mass is 246 g/mol. The normalized spacial score (nSPS) is 23.5. The third-order valence-electron chi connectivity index (χ3n) is 3.74. The fourth-order valence-corrected chi connectivity index (χ4v) is 2.32. The maximum atomic E-state index is 12.0. The Hall–Kier alpha value is -1.35. The van der Waals surface area contributed by atoms with Crippen LogP contribution in [0.4, 0.5) is 0 Å². The Bertz CT molecular complexity index is 430. The molecule has 3 unspecified atom stereocenters. The molecule has 0 bridgehead atoms. The molecule has 2 rings (SSSR count). The molecule has 98 valence electrons. The molecule has 3 N–H and O–H groups in total. The second kappa shape index (κ2) is 5.53. The van der Waals surface area contributed by atoms with Gasteiger partial charge in [0.15, 0.2) is 0 Å². The molecule has 1 aliphatic carbocycles. The molecule has 0 aromatic heterocycles. The first kappa shape index (κ1) is 13.1. The van der Waals surface area contributed by atoms with Gasteiger partial charge in [0.2, 0.25) is 5.91 Å². The molecule has 1 saturated carbocycles. The summed E-state index contributed by atoms with van der Waals surface area (Å²) in [7, 11) is 0. The standard InChI is InChI=1S/C15H22N2O/c1-10(8-16)9-17-15(18)14-7-13(14)12-6-4-3-5-11(12)2/h3-6,10,13-14H,7-9,16H2,1-2H3,(H,17,18). The Morgan fingerprint density at radius 2 is 2.22 bits per heavy atom. The average Bonchev–Trinajstić information content (AvgIpc) is 3.16. The number of hydrogen-bond acceptors (Lipinski definition) is 2. The Morgan fingerprint density at radius 1 is 1.50 bits per heavy atom. The number of amides is 1. The molecule has 0 radical (unpaired) electrons. The van der Waals surface area contributed by atoms with Gasteiger partial charge in [0.1, 0.15) is 0 Å². The molecule has 0 aliphatic heterocycles. The molecule has 1 amide bonds. The summed E-state index contributed by atoms with van der Waals surface area (Å²) in [5.74, 6) is 1.11. The first-order chi connectivity index (χ1) is 8.63. The van der Waals surface area contributed by atoms with Gasteiger partial charge in [-0.25, -0.2) is 0 Å². The topological polar surface area (TPSA) is 55.1 Å². The summed E-state index contributed by atoms with van der Waals surface area (Å²) in [5.41, 5.74) is 8.15. The third kappa shape index (κ3) is 2.91. The van der Waals surface area contributed by atoms with Gasteiger partial charge < -0.3 is 11.1 Å².